The average molecular weight is 220 g/mol. The van der Waals surface area contributed by atoms with Gasteiger partial charge >= 0.3 is 11.9 Å². The Kier molecular flexibility index (Phi) is 10.4. The van der Waals surface area contributed by atoms with Gasteiger partial charge in [-0.2, -0.15) is 0 Å². The van der Waals surface area contributed by atoms with Gasteiger partial charge in [0.1, 0.15) is 6.04 Å². The SMILES string of the molecule is N.NCCCC[C@H](N)C(=O)OC(=O)CN. The van der Waals surface area contributed by atoms with Gasteiger partial charge in [0.2, 0.25) is 0 Å². The second-order valence-electron chi connectivity index (χ2n) is 2.89. The van der Waals surface area contributed by atoms with Crippen LogP contribution in [-0.2, 0) is 14.3 Å². The predicted octanol–water partition coefficient (Wildman–Crippen LogP) is -1.37. The topological polar surface area (TPSA) is 156 Å². The van der Waals surface area contributed by atoms with Crippen LogP contribution in [0, 0.1) is 0 Å². The summed E-state index contributed by atoms with van der Waals surface area (Å²) in [5.41, 5.74) is 15.7. The van der Waals surface area contributed by atoms with E-state index in [2.05, 4.69) is 4.74 Å². The summed E-state index contributed by atoms with van der Waals surface area (Å²) < 4.78 is 4.33. The molecule has 0 aliphatic heterocycles. The minimum Gasteiger partial charge on any atom is -0.391 e. The normalized spacial score (nSPS) is 11.4. The van der Waals surface area contributed by atoms with Crippen molar-refractivity contribution >= 4 is 11.9 Å². The maximum absolute atomic E-state index is 11.1. The van der Waals surface area contributed by atoms with Gasteiger partial charge < -0.3 is 28.1 Å². The molecule has 0 bridgehead atoms. The van der Waals surface area contributed by atoms with Gasteiger partial charge in [-0.15, -0.1) is 0 Å². The standard InChI is InChI=1S/C8H17N3O3.H3N/c9-4-2-1-3-6(11)8(13)14-7(12)5-10;/h6H,1-5,9-11H2;1H3/t6-;/m0./s1. The minimum atomic E-state index is -0.767. The van der Waals surface area contributed by atoms with Crippen molar-refractivity contribution in [3.05, 3.63) is 0 Å². The first-order valence-corrected chi connectivity index (χ1v) is 4.52. The fourth-order valence-electron chi connectivity index (χ4n) is 0.856. The molecule has 0 aliphatic carbocycles. The van der Waals surface area contributed by atoms with Gasteiger partial charge in [0, 0.05) is 0 Å². The van der Waals surface area contributed by atoms with Gasteiger partial charge in [-0.1, -0.05) is 6.42 Å². The quantitative estimate of drug-likeness (QED) is 0.244. The summed E-state index contributed by atoms with van der Waals surface area (Å²) in [5.74, 6) is -1.48. The van der Waals surface area contributed by atoms with Crippen molar-refractivity contribution in [2.24, 2.45) is 17.2 Å². The van der Waals surface area contributed by atoms with Crippen LogP contribution >= 0.6 is 0 Å². The lowest BCUT2D eigenvalue weighted by Gasteiger charge is -2.08. The molecular weight excluding hydrogens is 200 g/mol. The van der Waals surface area contributed by atoms with Gasteiger partial charge in [0.25, 0.3) is 0 Å². The summed E-state index contributed by atoms with van der Waals surface area (Å²) in [4.78, 5) is 21.7. The summed E-state index contributed by atoms with van der Waals surface area (Å²) in [6.07, 6.45) is 2.00. The Morgan fingerprint density at radius 1 is 1.20 bits per heavy atom. The zero-order chi connectivity index (χ0) is 11.0. The molecule has 0 fully saturated rings. The highest BCUT2D eigenvalue weighted by molar-refractivity contribution is 5.88. The Morgan fingerprint density at radius 2 is 1.80 bits per heavy atom. The molecule has 1 atom stereocenters. The summed E-state index contributed by atoms with van der Waals surface area (Å²) in [6.45, 7) is 0.241. The monoisotopic (exact) mass is 220 g/mol. The first-order chi connectivity index (χ1) is 6.61. The lowest BCUT2D eigenvalue weighted by atomic mass is 10.1. The maximum Gasteiger partial charge on any atom is 0.330 e. The number of hydrogen-bond donors (Lipinski definition) is 4. The molecular formula is C8H20N4O3. The summed E-state index contributed by atoms with van der Waals surface area (Å²) in [6, 6.07) is -0.767. The predicted molar refractivity (Wildman–Crippen MR) is 56.1 cm³/mol. The van der Waals surface area contributed by atoms with Gasteiger partial charge in [0.15, 0.2) is 0 Å². The van der Waals surface area contributed by atoms with E-state index in [1.165, 1.54) is 0 Å². The van der Waals surface area contributed by atoms with Crippen molar-refractivity contribution in [1.29, 1.82) is 0 Å². The van der Waals surface area contributed by atoms with Gasteiger partial charge in [0.05, 0.1) is 6.54 Å². The van der Waals surface area contributed by atoms with Crippen LogP contribution in [0.15, 0.2) is 0 Å². The second kappa shape index (κ2) is 9.53. The fourth-order valence-corrected chi connectivity index (χ4v) is 0.856. The van der Waals surface area contributed by atoms with Crippen molar-refractivity contribution < 1.29 is 14.3 Å². The van der Waals surface area contributed by atoms with E-state index in [-0.39, 0.29) is 12.7 Å². The second-order valence-corrected chi connectivity index (χ2v) is 2.89. The molecule has 0 saturated carbocycles. The molecule has 0 heterocycles. The van der Waals surface area contributed by atoms with Crippen molar-refractivity contribution in [1.82, 2.24) is 6.15 Å². The summed E-state index contributed by atoms with van der Waals surface area (Å²) in [7, 11) is 0. The van der Waals surface area contributed by atoms with E-state index in [1.807, 2.05) is 0 Å². The highest BCUT2D eigenvalue weighted by Crippen LogP contribution is 1.99. The molecule has 0 spiro atoms. The maximum atomic E-state index is 11.1. The smallest absolute Gasteiger partial charge is 0.330 e. The molecule has 7 heteroatoms. The van der Waals surface area contributed by atoms with Crippen LogP contribution in [0.3, 0.4) is 0 Å². The highest BCUT2D eigenvalue weighted by atomic mass is 16.6. The van der Waals surface area contributed by atoms with Crippen LogP contribution < -0.4 is 23.4 Å². The molecule has 90 valence electrons. The van der Waals surface area contributed by atoms with Crippen LogP contribution in [0.1, 0.15) is 19.3 Å². The van der Waals surface area contributed by atoms with Crippen molar-refractivity contribution in [2.45, 2.75) is 25.3 Å². The van der Waals surface area contributed by atoms with Crippen LogP contribution in [0.5, 0.6) is 0 Å². The van der Waals surface area contributed by atoms with Crippen molar-refractivity contribution in [3.63, 3.8) is 0 Å². The first kappa shape index (κ1) is 16.4. The Morgan fingerprint density at radius 3 is 2.27 bits per heavy atom. The Bertz CT molecular complexity index is 198. The molecule has 7 nitrogen and oxygen atoms in total. The summed E-state index contributed by atoms with van der Waals surface area (Å²) in [5, 5.41) is 0. The van der Waals surface area contributed by atoms with Crippen LogP contribution in [-0.4, -0.2) is 31.1 Å². The molecule has 0 aromatic carbocycles. The van der Waals surface area contributed by atoms with Gasteiger partial charge in [-0.25, -0.2) is 4.79 Å². The lowest BCUT2D eigenvalue weighted by Crippen LogP contribution is -2.35. The van der Waals surface area contributed by atoms with Crippen LogP contribution in [0.4, 0.5) is 0 Å². The van der Waals surface area contributed by atoms with E-state index < -0.39 is 18.0 Å². The van der Waals surface area contributed by atoms with E-state index in [4.69, 9.17) is 17.2 Å². The van der Waals surface area contributed by atoms with E-state index in [0.29, 0.717) is 13.0 Å². The molecule has 0 amide bonds. The molecule has 0 aromatic rings. The number of unbranched alkanes of at least 4 members (excludes halogenated alkanes) is 1. The largest absolute Gasteiger partial charge is 0.391 e. The number of rotatable bonds is 6. The first-order valence-electron chi connectivity index (χ1n) is 4.52. The lowest BCUT2D eigenvalue weighted by molar-refractivity contribution is -0.159. The number of ether oxygens (including phenoxy) is 1. The molecule has 0 rings (SSSR count). The molecule has 0 aliphatic rings. The molecule has 9 N–H and O–H groups in total. The van der Waals surface area contributed by atoms with Gasteiger partial charge in [-0.05, 0) is 19.4 Å². The van der Waals surface area contributed by atoms with Crippen molar-refractivity contribution in [3.8, 4) is 0 Å². The van der Waals surface area contributed by atoms with Gasteiger partial charge in [-0.3, -0.25) is 4.79 Å². The number of esters is 2. The number of hydrogen-bond acceptors (Lipinski definition) is 7. The molecule has 0 aromatic heterocycles. The number of carbonyl (C=O) groups excluding carboxylic acids is 2. The van der Waals surface area contributed by atoms with Crippen LogP contribution in [0.2, 0.25) is 0 Å². The third-order valence-electron chi connectivity index (χ3n) is 1.65. The molecule has 0 unspecified atom stereocenters. The molecule has 0 radical (unpaired) electrons. The Labute approximate surface area is 88.9 Å². The van der Waals surface area contributed by atoms with E-state index >= 15 is 0 Å². The van der Waals surface area contributed by atoms with E-state index in [1.54, 1.807) is 0 Å². The Hall–Kier alpha value is -1.02. The highest BCUT2D eigenvalue weighted by Gasteiger charge is 2.17. The molecule has 0 saturated heterocycles. The third-order valence-corrected chi connectivity index (χ3v) is 1.65. The number of carbonyl (C=O) groups is 2. The average Bonchev–Trinajstić information content (AvgIpc) is 2.17. The van der Waals surface area contributed by atoms with Crippen LogP contribution in [0.25, 0.3) is 0 Å². The zero-order valence-corrected chi connectivity index (χ0v) is 8.78. The fraction of sp³-hybridized carbons (Fsp3) is 0.750. The van der Waals surface area contributed by atoms with Crippen molar-refractivity contribution in [2.75, 3.05) is 13.1 Å². The zero-order valence-electron chi connectivity index (χ0n) is 8.78. The summed E-state index contributed by atoms with van der Waals surface area (Å²) >= 11 is 0. The van der Waals surface area contributed by atoms with E-state index in [9.17, 15) is 9.59 Å². The third kappa shape index (κ3) is 8.01. The van der Waals surface area contributed by atoms with E-state index in [0.717, 1.165) is 12.8 Å². The number of nitrogens with two attached hydrogens (primary N) is 3. The minimum absolute atomic E-state index is 0. The Balaban J connectivity index is 0. The molecule has 15 heavy (non-hydrogen) atoms.